The summed E-state index contributed by atoms with van der Waals surface area (Å²) < 4.78 is 32.5. The molecular weight excluding hydrogens is 714 g/mol. The Morgan fingerprint density at radius 2 is 1.85 bits per heavy atom. The predicted molar refractivity (Wildman–Crippen MR) is 165 cm³/mol. The summed E-state index contributed by atoms with van der Waals surface area (Å²) in [4.78, 5) is 7.91. The average Bonchev–Trinajstić information content (AvgIpc) is 3.67. The smallest absolute Gasteiger partial charge is 0.107 e. The number of benzene rings is 3. The third-order valence-corrected chi connectivity index (χ3v) is 8.72. The van der Waals surface area contributed by atoms with Gasteiger partial charge in [-0.15, -0.1) is 30.0 Å². The number of para-hydroxylation sites is 2. The number of rotatable bonds is 4. The molecule has 6 aromatic rings. The summed E-state index contributed by atoms with van der Waals surface area (Å²) >= 11 is 3.24. The molecule has 0 radical (unpaired) electrons. The Morgan fingerprint density at radius 1 is 1.00 bits per heavy atom. The van der Waals surface area contributed by atoms with E-state index in [-0.39, 0.29) is 26.5 Å². The fourth-order valence-electron chi connectivity index (χ4n) is 4.88. The number of anilines is 3. The molecule has 7 rings (SSSR count). The van der Waals surface area contributed by atoms with Gasteiger partial charge < -0.3 is 14.5 Å². The maximum absolute atomic E-state index is 7.98. The van der Waals surface area contributed by atoms with Gasteiger partial charge in [0.05, 0.1) is 0 Å². The molecule has 0 amide bonds. The number of aromatic nitrogens is 1. The Hall–Kier alpha value is -3.18. The van der Waals surface area contributed by atoms with Crippen LogP contribution in [-0.2, 0) is 26.5 Å². The number of ether oxygens (including phenoxy) is 1. The van der Waals surface area contributed by atoms with Gasteiger partial charge in [0.1, 0.15) is 5.06 Å². The summed E-state index contributed by atoms with van der Waals surface area (Å²) in [5.41, 5.74) is 5.29. The molecule has 7 heteroatoms. The molecular formula is C33H26N3OPtS2-3. The third kappa shape index (κ3) is 4.72. The standard InChI is InChI=1S/C33H26N3OS2.Pt/c1-33(2,3)22-12-14-34-26(17-22)31-25-19-30(39-29(25)16-21-13-15-38-32(21)31)37-24-9-7-8-23(18-24)36-20-35(4)27-10-5-6-11-28(27)36;/h5-17,20H,1-4H3;/q-3;/i4D3;. The van der Waals surface area contributed by atoms with Crippen LogP contribution in [-0.4, -0.2) is 12.0 Å². The zero-order chi connectivity index (χ0) is 29.2. The van der Waals surface area contributed by atoms with Gasteiger partial charge in [0.25, 0.3) is 0 Å². The molecule has 0 spiro atoms. The van der Waals surface area contributed by atoms with Gasteiger partial charge in [-0.1, -0.05) is 49.2 Å². The fraction of sp³-hybridized carbons (Fsp3) is 0.152. The van der Waals surface area contributed by atoms with Crippen molar-refractivity contribution in [2.24, 2.45) is 0 Å². The van der Waals surface area contributed by atoms with Crippen LogP contribution >= 0.6 is 22.7 Å². The number of pyridine rings is 1. The van der Waals surface area contributed by atoms with Crippen molar-refractivity contribution in [1.82, 2.24) is 4.98 Å². The number of nitrogens with zero attached hydrogens (tertiary/aromatic N) is 3. The zero-order valence-corrected chi connectivity index (χ0v) is 25.9. The van der Waals surface area contributed by atoms with Crippen LogP contribution in [0.4, 0.5) is 17.1 Å². The van der Waals surface area contributed by atoms with Crippen LogP contribution in [0.15, 0.2) is 78.3 Å². The van der Waals surface area contributed by atoms with E-state index in [2.05, 4.69) is 62.5 Å². The van der Waals surface area contributed by atoms with E-state index in [9.17, 15) is 0 Å². The summed E-state index contributed by atoms with van der Waals surface area (Å²) in [7, 11) is 0. The summed E-state index contributed by atoms with van der Waals surface area (Å²) in [5, 5.41) is 4.89. The van der Waals surface area contributed by atoms with Gasteiger partial charge in [0.15, 0.2) is 0 Å². The maximum atomic E-state index is 7.98. The Bertz CT molecular complexity index is 1960. The number of hydrogen-bond donors (Lipinski definition) is 0. The van der Waals surface area contributed by atoms with Crippen molar-refractivity contribution in [2.45, 2.75) is 26.2 Å². The van der Waals surface area contributed by atoms with E-state index in [4.69, 9.17) is 13.8 Å². The molecule has 0 atom stereocenters. The first-order valence-corrected chi connectivity index (χ1v) is 14.3. The van der Waals surface area contributed by atoms with Gasteiger partial charge in [0.2, 0.25) is 0 Å². The first-order chi connectivity index (χ1) is 20.1. The molecule has 0 saturated heterocycles. The van der Waals surface area contributed by atoms with Crippen molar-refractivity contribution >= 4 is 59.9 Å². The molecule has 3 aromatic carbocycles. The van der Waals surface area contributed by atoms with Crippen LogP contribution in [0.5, 0.6) is 10.8 Å². The van der Waals surface area contributed by atoms with Gasteiger partial charge in [-0.3, -0.25) is 4.98 Å². The van der Waals surface area contributed by atoms with Crippen molar-refractivity contribution < 1.29 is 29.9 Å². The first kappa shape index (κ1) is 23.5. The molecule has 0 saturated carbocycles. The number of hydrogen-bond acceptors (Lipinski definition) is 6. The quantitative estimate of drug-likeness (QED) is 0.168. The largest absolute Gasteiger partial charge is 0.504 e. The van der Waals surface area contributed by atoms with E-state index in [1.807, 2.05) is 47.5 Å². The van der Waals surface area contributed by atoms with Crippen LogP contribution in [0.2, 0.25) is 0 Å². The van der Waals surface area contributed by atoms with Crippen LogP contribution in [0.25, 0.3) is 31.4 Å². The molecule has 4 nitrogen and oxygen atoms in total. The van der Waals surface area contributed by atoms with E-state index in [1.165, 1.54) is 31.9 Å². The molecule has 0 aliphatic carbocycles. The second-order valence-electron chi connectivity index (χ2n) is 10.5. The summed E-state index contributed by atoms with van der Waals surface area (Å²) in [6.07, 6.45) is 1.89. The first-order valence-electron chi connectivity index (χ1n) is 14.1. The van der Waals surface area contributed by atoms with Gasteiger partial charge >= 0.3 is 0 Å². The van der Waals surface area contributed by atoms with Gasteiger partial charge in [-0.05, 0) is 63.8 Å². The summed E-state index contributed by atoms with van der Waals surface area (Å²) in [6.45, 7) is 5.91. The van der Waals surface area contributed by atoms with Crippen LogP contribution < -0.4 is 14.5 Å². The normalized spacial score (nSPS) is 14.5. The second kappa shape index (κ2) is 10.3. The van der Waals surface area contributed by atoms with E-state index < -0.39 is 6.98 Å². The van der Waals surface area contributed by atoms with Gasteiger partial charge in [0, 0.05) is 54.2 Å². The predicted octanol–water partition coefficient (Wildman–Crippen LogP) is 9.57. The average molecular weight is 743 g/mol. The molecule has 0 bridgehead atoms. The van der Waals surface area contributed by atoms with Crippen molar-refractivity contribution in [2.75, 3.05) is 16.8 Å². The molecule has 1 aliphatic heterocycles. The molecule has 0 unspecified atom stereocenters. The Balaban J connectivity index is 0.00000329. The summed E-state index contributed by atoms with van der Waals surface area (Å²) in [6, 6.07) is 28.5. The molecule has 3 aromatic heterocycles. The molecule has 204 valence electrons. The van der Waals surface area contributed by atoms with Gasteiger partial charge in [-0.2, -0.15) is 40.8 Å². The van der Waals surface area contributed by atoms with E-state index >= 15 is 0 Å². The van der Waals surface area contributed by atoms with Crippen molar-refractivity contribution in [1.29, 1.82) is 0 Å². The SMILES string of the molecule is [2H]C([2H])([2H])N1[CH-]N(c2[c-]c(Oc3[c-]c4c(-c5cc(C(C)(C)C)ccn5)c5sccc5cc4s3)ccc2)c2ccccc21.[Pt]. The third-order valence-electron chi connectivity index (χ3n) is 6.86. The maximum Gasteiger partial charge on any atom is 0.107 e. The molecule has 0 N–H and O–H groups in total. The minimum absolute atomic E-state index is 0. The van der Waals surface area contributed by atoms with Gasteiger partial charge in [-0.25, -0.2) is 0 Å². The molecule has 0 fully saturated rings. The molecule has 1 aliphatic rings. The van der Waals surface area contributed by atoms with Crippen LogP contribution in [0, 0.1) is 18.8 Å². The summed E-state index contributed by atoms with van der Waals surface area (Å²) in [5.74, 6) is 0.518. The molecule has 4 heterocycles. The van der Waals surface area contributed by atoms with Crippen LogP contribution in [0.3, 0.4) is 0 Å². The van der Waals surface area contributed by atoms with E-state index in [0.717, 1.165) is 27.0 Å². The molecule has 40 heavy (non-hydrogen) atoms. The monoisotopic (exact) mass is 742 g/mol. The minimum atomic E-state index is -2.31. The fourth-order valence-corrected chi connectivity index (χ4v) is 6.75. The topological polar surface area (TPSA) is 28.6 Å². The minimum Gasteiger partial charge on any atom is -0.504 e. The second-order valence-corrected chi connectivity index (χ2v) is 12.4. The number of thiophene rings is 2. The van der Waals surface area contributed by atoms with Crippen LogP contribution in [0.1, 0.15) is 30.4 Å². The van der Waals surface area contributed by atoms with Crippen molar-refractivity contribution in [3.63, 3.8) is 0 Å². The Labute approximate surface area is 261 Å². The van der Waals surface area contributed by atoms with Crippen molar-refractivity contribution in [3.05, 3.63) is 103 Å². The number of fused-ring (bicyclic) bond motifs is 3. The Kier molecular flexibility index (Phi) is 6.08. The Morgan fingerprint density at radius 3 is 2.67 bits per heavy atom. The van der Waals surface area contributed by atoms with Crippen molar-refractivity contribution in [3.8, 4) is 22.1 Å². The zero-order valence-electron chi connectivity index (χ0n) is 25.0. The van der Waals surface area contributed by atoms with E-state index in [1.54, 1.807) is 24.1 Å². The van der Waals surface area contributed by atoms with E-state index in [0.29, 0.717) is 22.2 Å².